The molecule has 2 rings (SSSR count). The monoisotopic (exact) mass is 347 g/mol. The Morgan fingerprint density at radius 1 is 1.58 bits per heavy atom. The molecule has 0 radical (unpaired) electrons. The number of benzene rings is 1. The third kappa shape index (κ3) is 4.19. The number of carboxylic acid groups (broad SMARTS) is 1. The number of carbonyl (C=O) groups is 1. The Hall–Kier alpha value is -0.590. The molecule has 3 nitrogen and oxygen atoms in total. The lowest BCUT2D eigenvalue weighted by Gasteiger charge is -2.34. The number of hydrogen-bond donors (Lipinski definition) is 1. The Balaban J connectivity index is 2.10. The number of hydrogen-bond acceptors (Lipinski definition) is 3. The summed E-state index contributed by atoms with van der Waals surface area (Å²) in [5.74, 6) is 0.718. The molecule has 0 saturated carbocycles. The first-order valence-electron chi connectivity index (χ1n) is 6.04. The van der Waals surface area contributed by atoms with Gasteiger partial charge in [0.05, 0.1) is 6.42 Å². The Morgan fingerprint density at radius 2 is 2.37 bits per heavy atom. The molecule has 1 heterocycles. The highest BCUT2D eigenvalue weighted by Gasteiger charge is 2.25. The van der Waals surface area contributed by atoms with Gasteiger partial charge >= 0.3 is 5.97 Å². The summed E-state index contributed by atoms with van der Waals surface area (Å²) in [6.45, 7) is 1.26. The highest BCUT2D eigenvalue weighted by molar-refractivity contribution is 9.10. The molecule has 1 saturated heterocycles. The van der Waals surface area contributed by atoms with E-state index in [9.17, 15) is 9.18 Å². The Morgan fingerprint density at radius 3 is 3.11 bits per heavy atom. The van der Waals surface area contributed by atoms with E-state index in [0.717, 1.165) is 22.5 Å². The molecular formula is C13H15BrFNO2S. The third-order valence-electron chi connectivity index (χ3n) is 3.14. The number of halogens is 2. The average Bonchev–Trinajstić information content (AvgIpc) is 2.35. The second-order valence-corrected chi connectivity index (χ2v) is 6.60. The SMILES string of the molecule is O=C(O)CC1CSCCN1Cc1cc(Br)ccc1F. The van der Waals surface area contributed by atoms with Crippen LogP contribution in [0.25, 0.3) is 0 Å². The molecule has 1 aliphatic heterocycles. The average molecular weight is 348 g/mol. The zero-order valence-electron chi connectivity index (χ0n) is 10.3. The van der Waals surface area contributed by atoms with Crippen molar-refractivity contribution in [1.82, 2.24) is 4.90 Å². The van der Waals surface area contributed by atoms with Gasteiger partial charge in [-0.15, -0.1) is 0 Å². The smallest absolute Gasteiger partial charge is 0.304 e. The van der Waals surface area contributed by atoms with Crippen LogP contribution < -0.4 is 0 Å². The molecule has 19 heavy (non-hydrogen) atoms. The normalized spacial score (nSPS) is 20.4. The molecule has 0 aromatic heterocycles. The van der Waals surface area contributed by atoms with Crippen LogP contribution in [0.1, 0.15) is 12.0 Å². The standard InChI is InChI=1S/C13H15BrFNO2S/c14-10-1-2-12(15)9(5-10)7-16-3-4-19-8-11(16)6-13(17)18/h1-2,5,11H,3-4,6-8H2,(H,17,18). The molecule has 104 valence electrons. The van der Waals surface area contributed by atoms with Crippen molar-refractivity contribution in [3.8, 4) is 0 Å². The van der Waals surface area contributed by atoms with Crippen LogP contribution in [0.5, 0.6) is 0 Å². The van der Waals surface area contributed by atoms with Crippen LogP contribution in [-0.2, 0) is 11.3 Å². The van der Waals surface area contributed by atoms with Crippen LogP contribution >= 0.6 is 27.7 Å². The van der Waals surface area contributed by atoms with Crippen LogP contribution in [0.3, 0.4) is 0 Å². The zero-order valence-corrected chi connectivity index (χ0v) is 12.7. The maximum Gasteiger partial charge on any atom is 0.304 e. The van der Waals surface area contributed by atoms with E-state index < -0.39 is 5.97 Å². The first-order valence-corrected chi connectivity index (χ1v) is 7.98. The number of rotatable bonds is 4. The van der Waals surface area contributed by atoms with Gasteiger partial charge in [-0.3, -0.25) is 9.69 Å². The van der Waals surface area contributed by atoms with Gasteiger partial charge in [0.1, 0.15) is 5.82 Å². The molecule has 0 aliphatic carbocycles. The first-order chi connectivity index (χ1) is 9.06. The van der Waals surface area contributed by atoms with Gasteiger partial charge in [-0.05, 0) is 18.2 Å². The minimum atomic E-state index is -0.799. The topological polar surface area (TPSA) is 40.5 Å². The number of nitrogens with zero attached hydrogens (tertiary/aromatic N) is 1. The largest absolute Gasteiger partial charge is 0.481 e. The Bertz CT molecular complexity index is 472. The van der Waals surface area contributed by atoms with Crippen LogP contribution in [0, 0.1) is 5.82 Å². The molecule has 0 amide bonds. The van der Waals surface area contributed by atoms with Crippen molar-refractivity contribution in [3.63, 3.8) is 0 Å². The van der Waals surface area contributed by atoms with Gasteiger partial charge in [0.15, 0.2) is 0 Å². The molecule has 1 atom stereocenters. The first kappa shape index (κ1) is 14.8. The van der Waals surface area contributed by atoms with E-state index in [1.165, 1.54) is 6.07 Å². The van der Waals surface area contributed by atoms with E-state index in [-0.39, 0.29) is 18.3 Å². The van der Waals surface area contributed by atoms with Crippen molar-refractivity contribution in [2.24, 2.45) is 0 Å². The number of thioether (sulfide) groups is 1. The summed E-state index contributed by atoms with van der Waals surface area (Å²) in [6.07, 6.45) is 0.114. The van der Waals surface area contributed by atoms with Crippen molar-refractivity contribution in [2.45, 2.75) is 19.0 Å². The fourth-order valence-corrected chi connectivity index (χ4v) is 3.71. The molecule has 0 spiro atoms. The van der Waals surface area contributed by atoms with Crippen molar-refractivity contribution in [2.75, 3.05) is 18.1 Å². The van der Waals surface area contributed by atoms with Crippen LogP contribution in [0.15, 0.2) is 22.7 Å². The summed E-state index contributed by atoms with van der Waals surface area (Å²) in [6, 6.07) is 4.84. The molecule has 1 fully saturated rings. The van der Waals surface area contributed by atoms with E-state index >= 15 is 0 Å². The second-order valence-electron chi connectivity index (χ2n) is 4.53. The van der Waals surface area contributed by atoms with Gasteiger partial charge in [0.2, 0.25) is 0 Å². The van der Waals surface area contributed by atoms with Crippen molar-refractivity contribution in [1.29, 1.82) is 0 Å². The van der Waals surface area contributed by atoms with E-state index in [1.807, 2.05) is 0 Å². The fraction of sp³-hybridized carbons (Fsp3) is 0.462. The van der Waals surface area contributed by atoms with Crippen molar-refractivity contribution < 1.29 is 14.3 Å². The fourth-order valence-electron chi connectivity index (χ4n) is 2.17. The minimum Gasteiger partial charge on any atom is -0.481 e. The van der Waals surface area contributed by atoms with Gasteiger partial charge in [0.25, 0.3) is 0 Å². The van der Waals surface area contributed by atoms with Gasteiger partial charge in [-0.25, -0.2) is 4.39 Å². The molecule has 0 bridgehead atoms. The molecule has 1 aromatic rings. The number of aliphatic carboxylic acids is 1. The highest BCUT2D eigenvalue weighted by atomic mass is 79.9. The van der Waals surface area contributed by atoms with Crippen LogP contribution in [-0.4, -0.2) is 40.1 Å². The summed E-state index contributed by atoms with van der Waals surface area (Å²) in [4.78, 5) is 12.9. The van der Waals surface area contributed by atoms with Crippen molar-refractivity contribution in [3.05, 3.63) is 34.1 Å². The molecule has 1 N–H and O–H groups in total. The lowest BCUT2D eigenvalue weighted by Crippen LogP contribution is -2.43. The Labute approximate surface area is 124 Å². The molecule has 1 aliphatic rings. The summed E-state index contributed by atoms with van der Waals surface area (Å²) < 4.78 is 14.6. The second kappa shape index (κ2) is 6.72. The quantitative estimate of drug-likeness (QED) is 0.908. The molecule has 1 aromatic carbocycles. The summed E-state index contributed by atoms with van der Waals surface area (Å²) in [5.41, 5.74) is 0.608. The lowest BCUT2D eigenvalue weighted by atomic mass is 10.1. The van der Waals surface area contributed by atoms with Gasteiger partial charge in [0, 0.05) is 40.7 Å². The summed E-state index contributed by atoms with van der Waals surface area (Å²) in [5, 5.41) is 8.93. The maximum atomic E-state index is 13.7. The molecule has 6 heteroatoms. The predicted octanol–water partition coefficient (Wildman–Crippen LogP) is 2.98. The third-order valence-corrected chi connectivity index (χ3v) is 4.73. The van der Waals surface area contributed by atoms with Gasteiger partial charge in [-0.2, -0.15) is 11.8 Å². The van der Waals surface area contributed by atoms with E-state index in [1.54, 1.807) is 23.9 Å². The van der Waals surface area contributed by atoms with E-state index in [2.05, 4.69) is 20.8 Å². The highest BCUT2D eigenvalue weighted by Crippen LogP contribution is 2.23. The molecule has 1 unspecified atom stereocenters. The van der Waals surface area contributed by atoms with Crippen LogP contribution in [0.4, 0.5) is 4.39 Å². The van der Waals surface area contributed by atoms with Gasteiger partial charge < -0.3 is 5.11 Å². The Kier molecular flexibility index (Phi) is 5.24. The van der Waals surface area contributed by atoms with Crippen molar-refractivity contribution >= 4 is 33.7 Å². The van der Waals surface area contributed by atoms with Gasteiger partial charge in [-0.1, -0.05) is 15.9 Å². The summed E-state index contributed by atoms with van der Waals surface area (Å²) in [7, 11) is 0. The van der Waals surface area contributed by atoms with E-state index in [4.69, 9.17) is 5.11 Å². The maximum absolute atomic E-state index is 13.7. The van der Waals surface area contributed by atoms with E-state index in [0.29, 0.717) is 12.1 Å². The zero-order chi connectivity index (χ0) is 13.8. The lowest BCUT2D eigenvalue weighted by molar-refractivity contribution is -0.138. The molecular weight excluding hydrogens is 333 g/mol. The predicted molar refractivity (Wildman–Crippen MR) is 77.9 cm³/mol. The minimum absolute atomic E-state index is 0.0189. The summed E-state index contributed by atoms with van der Waals surface area (Å²) >= 11 is 5.09. The number of carboxylic acids is 1. The van der Waals surface area contributed by atoms with Crippen LogP contribution in [0.2, 0.25) is 0 Å².